The molecule has 0 unspecified atom stereocenters. The number of amides is 4. The molecule has 0 saturated carbocycles. The Morgan fingerprint density at radius 2 is 1.02 bits per heavy atom. The maximum atomic E-state index is 15.0. The number of carbonyl (C=O) groups excluding carboxylic acids is 6. The molecule has 0 atom stereocenters. The fourth-order valence-electron chi connectivity index (χ4n) is 6.89. The SMILES string of the molecule is Cc1cc(C)cc(C(=O)OCCCCOC(=O)c2cc(C)cc(N3C(=O)c4ccc(C(c5ccc6c(c5)C(=O)NC6=O)(C(F)(F)F)C(F)(F)F)cc4C3=O)c2)c1. The monoisotopic (exact) mass is 780 g/mol. The first-order valence-corrected chi connectivity index (χ1v) is 17.0. The molecule has 0 spiro atoms. The third-order valence-corrected chi connectivity index (χ3v) is 9.36. The smallest absolute Gasteiger partial charge is 0.411 e. The van der Waals surface area contributed by atoms with Crippen molar-refractivity contribution in [2.24, 2.45) is 0 Å². The number of hydrogen-bond donors (Lipinski definition) is 1. The number of halogens is 6. The third-order valence-electron chi connectivity index (χ3n) is 9.36. The summed E-state index contributed by atoms with van der Waals surface area (Å²) in [6, 6.07) is 12.0. The van der Waals surface area contributed by atoms with Crippen molar-refractivity contribution in [3.05, 3.63) is 134 Å². The van der Waals surface area contributed by atoms with E-state index in [0.717, 1.165) is 17.2 Å². The second-order valence-electron chi connectivity index (χ2n) is 13.4. The van der Waals surface area contributed by atoms with Crippen LogP contribution in [0, 0.1) is 20.8 Å². The van der Waals surface area contributed by atoms with Gasteiger partial charge in [0.05, 0.1) is 52.3 Å². The molecule has 0 radical (unpaired) electrons. The minimum Gasteiger partial charge on any atom is -0.462 e. The van der Waals surface area contributed by atoms with Crippen molar-refractivity contribution < 1.29 is 64.6 Å². The third kappa shape index (κ3) is 6.90. The van der Waals surface area contributed by atoms with E-state index in [9.17, 15) is 55.1 Å². The number of unbranched alkanes of at least 4 members (excludes halogenated alkanes) is 1. The lowest BCUT2D eigenvalue weighted by Crippen LogP contribution is -2.55. The lowest BCUT2D eigenvalue weighted by molar-refractivity contribution is -0.288. The van der Waals surface area contributed by atoms with Gasteiger partial charge in [0.1, 0.15) is 0 Å². The molecule has 56 heavy (non-hydrogen) atoms. The molecular formula is C40H30F6N2O8. The van der Waals surface area contributed by atoms with Crippen molar-refractivity contribution in [1.82, 2.24) is 5.32 Å². The molecule has 6 rings (SSSR count). The number of rotatable bonds is 10. The molecule has 10 nitrogen and oxygen atoms in total. The number of ether oxygens (including phenoxy) is 2. The van der Waals surface area contributed by atoms with Gasteiger partial charge in [0, 0.05) is 0 Å². The number of fused-ring (bicyclic) bond motifs is 2. The van der Waals surface area contributed by atoms with Gasteiger partial charge in [-0.25, -0.2) is 14.5 Å². The highest BCUT2D eigenvalue weighted by Crippen LogP contribution is 2.57. The molecule has 0 aromatic heterocycles. The molecule has 2 heterocycles. The summed E-state index contributed by atoms with van der Waals surface area (Å²) in [4.78, 5) is 77.2. The number of anilines is 1. The number of alkyl halides is 6. The van der Waals surface area contributed by atoms with Crippen LogP contribution in [0.5, 0.6) is 0 Å². The van der Waals surface area contributed by atoms with Crippen LogP contribution in [-0.2, 0) is 14.9 Å². The summed E-state index contributed by atoms with van der Waals surface area (Å²) in [5.74, 6) is -5.88. The highest BCUT2D eigenvalue weighted by Gasteiger charge is 2.73. The number of nitrogens with one attached hydrogen (secondary N) is 1. The van der Waals surface area contributed by atoms with Crippen molar-refractivity contribution in [2.45, 2.75) is 51.4 Å². The largest absolute Gasteiger partial charge is 0.462 e. The van der Waals surface area contributed by atoms with E-state index in [4.69, 9.17) is 9.47 Å². The lowest BCUT2D eigenvalue weighted by Gasteiger charge is -2.38. The Morgan fingerprint density at radius 1 is 0.571 bits per heavy atom. The van der Waals surface area contributed by atoms with Gasteiger partial charge in [-0.05, 0) is 105 Å². The van der Waals surface area contributed by atoms with Gasteiger partial charge in [-0.15, -0.1) is 0 Å². The number of esters is 2. The van der Waals surface area contributed by atoms with E-state index in [-0.39, 0.29) is 24.5 Å². The van der Waals surface area contributed by atoms with E-state index in [2.05, 4.69) is 0 Å². The van der Waals surface area contributed by atoms with E-state index in [1.807, 2.05) is 25.2 Å². The first-order chi connectivity index (χ1) is 26.2. The summed E-state index contributed by atoms with van der Waals surface area (Å²) < 4.78 is 100. The number of aryl methyl sites for hydroxylation is 3. The molecule has 290 valence electrons. The van der Waals surface area contributed by atoms with Crippen LogP contribution in [0.3, 0.4) is 0 Å². The van der Waals surface area contributed by atoms with Crippen LogP contribution in [0.15, 0.2) is 72.8 Å². The van der Waals surface area contributed by atoms with Crippen LogP contribution in [0.2, 0.25) is 0 Å². The summed E-state index contributed by atoms with van der Waals surface area (Å²) >= 11 is 0. The predicted octanol–water partition coefficient (Wildman–Crippen LogP) is 7.50. The zero-order chi connectivity index (χ0) is 40.9. The topological polar surface area (TPSA) is 136 Å². The van der Waals surface area contributed by atoms with Crippen LogP contribution in [0.1, 0.15) is 103 Å². The molecule has 16 heteroatoms. The van der Waals surface area contributed by atoms with Crippen LogP contribution in [0.4, 0.5) is 32.0 Å². The highest BCUT2D eigenvalue weighted by atomic mass is 19.4. The Bertz CT molecular complexity index is 2320. The van der Waals surface area contributed by atoms with Gasteiger partial charge in [-0.2, -0.15) is 26.3 Å². The second kappa shape index (κ2) is 14.4. The minimum atomic E-state index is -6.12. The highest BCUT2D eigenvalue weighted by molar-refractivity contribution is 6.34. The molecule has 4 aromatic rings. The van der Waals surface area contributed by atoms with Crippen LogP contribution < -0.4 is 10.2 Å². The quantitative estimate of drug-likeness (QED) is 0.0757. The second-order valence-corrected chi connectivity index (χ2v) is 13.4. The van der Waals surface area contributed by atoms with Gasteiger partial charge in [-0.1, -0.05) is 29.3 Å². The van der Waals surface area contributed by atoms with Crippen LogP contribution in [-0.4, -0.2) is 61.1 Å². The standard InChI is InChI=1S/C40H30F6N2O8/c1-20-12-21(2)14-23(13-20)36(53)55-10-4-5-11-56-37(54)24-15-22(3)16-27(17-24)48-34(51)29-9-7-26(19-31(29)35(48)52)38(39(41,42)43,40(44,45)46)25-6-8-28-30(18-25)33(50)47-32(28)49/h6-9,12-19H,4-5,10-11H2,1-3H3,(H,47,49,50). The first-order valence-electron chi connectivity index (χ1n) is 17.0. The molecule has 2 aliphatic heterocycles. The van der Waals surface area contributed by atoms with Crippen molar-refractivity contribution in [2.75, 3.05) is 18.1 Å². The molecule has 0 bridgehead atoms. The van der Waals surface area contributed by atoms with Gasteiger partial charge < -0.3 is 9.47 Å². The van der Waals surface area contributed by atoms with Crippen LogP contribution in [0.25, 0.3) is 0 Å². The molecule has 0 aliphatic carbocycles. The number of benzene rings is 4. The number of carbonyl (C=O) groups is 6. The Balaban J connectivity index is 1.21. The molecule has 0 saturated heterocycles. The van der Waals surface area contributed by atoms with E-state index in [1.165, 1.54) is 19.1 Å². The Labute approximate surface area is 314 Å². The molecule has 4 aromatic carbocycles. The van der Waals surface area contributed by atoms with Crippen molar-refractivity contribution in [1.29, 1.82) is 0 Å². The molecule has 2 aliphatic rings. The van der Waals surface area contributed by atoms with E-state index in [1.54, 1.807) is 12.1 Å². The normalized spacial score (nSPS) is 14.1. The summed E-state index contributed by atoms with van der Waals surface area (Å²) in [7, 11) is 0. The van der Waals surface area contributed by atoms with Gasteiger partial charge in [0.2, 0.25) is 5.41 Å². The van der Waals surface area contributed by atoms with Gasteiger partial charge in [0.15, 0.2) is 0 Å². The maximum Gasteiger partial charge on any atom is 0.411 e. The summed E-state index contributed by atoms with van der Waals surface area (Å²) in [5, 5.41) is 1.81. The zero-order valence-corrected chi connectivity index (χ0v) is 29.7. The molecule has 4 amide bonds. The van der Waals surface area contributed by atoms with Crippen molar-refractivity contribution in [3.63, 3.8) is 0 Å². The van der Waals surface area contributed by atoms with E-state index < -0.39 is 86.7 Å². The summed E-state index contributed by atoms with van der Waals surface area (Å²) in [5.41, 5.74) is -7.87. The average molecular weight is 781 g/mol. The van der Waals surface area contributed by atoms with Crippen LogP contribution >= 0.6 is 0 Å². The van der Waals surface area contributed by atoms with Crippen molar-refractivity contribution >= 4 is 41.3 Å². The Morgan fingerprint density at radius 3 is 1.55 bits per heavy atom. The molecular weight excluding hydrogens is 750 g/mol. The predicted molar refractivity (Wildman–Crippen MR) is 186 cm³/mol. The summed E-state index contributed by atoms with van der Waals surface area (Å²) in [6.45, 7) is 5.18. The zero-order valence-electron chi connectivity index (χ0n) is 29.7. The Kier molecular flexibility index (Phi) is 10.1. The van der Waals surface area contributed by atoms with Crippen molar-refractivity contribution in [3.8, 4) is 0 Å². The molecule has 0 fully saturated rings. The average Bonchev–Trinajstić information content (AvgIpc) is 3.53. The lowest BCUT2D eigenvalue weighted by atomic mass is 9.71. The minimum absolute atomic E-state index is 0.0535. The van der Waals surface area contributed by atoms with Gasteiger partial charge in [-0.3, -0.25) is 24.5 Å². The number of imide groups is 2. The molecule has 1 N–H and O–H groups in total. The van der Waals surface area contributed by atoms with E-state index in [0.29, 0.717) is 65.3 Å². The van der Waals surface area contributed by atoms with Gasteiger partial charge in [0.25, 0.3) is 23.6 Å². The first kappa shape index (κ1) is 39.4. The Hall–Kier alpha value is -6.32. The fourth-order valence-corrected chi connectivity index (χ4v) is 6.89. The fraction of sp³-hybridized carbons (Fsp3) is 0.250. The summed E-state index contributed by atoms with van der Waals surface area (Å²) in [6.07, 6.45) is -11.6. The number of hydrogen-bond acceptors (Lipinski definition) is 8. The van der Waals surface area contributed by atoms with Gasteiger partial charge >= 0.3 is 24.3 Å². The maximum absolute atomic E-state index is 15.0. The number of nitrogens with zero attached hydrogens (tertiary/aromatic N) is 1. The van der Waals surface area contributed by atoms with E-state index >= 15 is 0 Å².